The van der Waals surface area contributed by atoms with E-state index in [1.165, 1.54) is 5.56 Å². The number of rotatable bonds is 7. The standard InChI is InChI=1S/C27H24N6O2/c1-18(20-5-3-2-4-6-20)31-27-28-12-11-26(32-27)33-16-30-22-14-21(8-9-23(22)33)29-15-19-7-10-24-25(13-19)35-17-34-24/h2-14,16,18,29H,15,17H2,1H3,(H,28,31,32)/t18-/m0/s1. The highest BCUT2D eigenvalue weighted by atomic mass is 16.7. The number of benzene rings is 3. The van der Waals surface area contributed by atoms with Crippen LogP contribution in [-0.2, 0) is 6.54 Å². The Hall–Kier alpha value is -4.59. The van der Waals surface area contributed by atoms with Crippen LogP contribution in [0.2, 0.25) is 0 Å². The van der Waals surface area contributed by atoms with E-state index in [4.69, 9.17) is 14.5 Å². The number of aromatic nitrogens is 4. The first kappa shape index (κ1) is 21.0. The molecule has 8 nitrogen and oxygen atoms in total. The van der Waals surface area contributed by atoms with Crippen molar-refractivity contribution in [2.45, 2.75) is 19.5 Å². The summed E-state index contributed by atoms with van der Waals surface area (Å²) in [6, 6.07) is 24.3. The number of nitrogens with one attached hydrogen (secondary N) is 2. The van der Waals surface area contributed by atoms with Crippen LogP contribution in [0.3, 0.4) is 0 Å². The fourth-order valence-electron chi connectivity index (χ4n) is 4.13. The second kappa shape index (κ2) is 8.98. The maximum absolute atomic E-state index is 5.47. The molecule has 35 heavy (non-hydrogen) atoms. The lowest BCUT2D eigenvalue weighted by Gasteiger charge is -2.14. The molecule has 8 heteroatoms. The van der Waals surface area contributed by atoms with E-state index >= 15 is 0 Å². The fourth-order valence-corrected chi connectivity index (χ4v) is 4.13. The Morgan fingerprint density at radius 3 is 2.74 bits per heavy atom. The van der Waals surface area contributed by atoms with E-state index in [2.05, 4.69) is 39.7 Å². The minimum atomic E-state index is 0.0874. The number of anilines is 2. The Morgan fingerprint density at radius 1 is 0.943 bits per heavy atom. The summed E-state index contributed by atoms with van der Waals surface area (Å²) in [7, 11) is 0. The van der Waals surface area contributed by atoms with Crippen molar-refractivity contribution in [3.63, 3.8) is 0 Å². The van der Waals surface area contributed by atoms with Gasteiger partial charge < -0.3 is 20.1 Å². The van der Waals surface area contributed by atoms with Gasteiger partial charge in [0.05, 0.1) is 17.1 Å². The van der Waals surface area contributed by atoms with Crippen LogP contribution in [0.1, 0.15) is 24.1 Å². The number of imidazole rings is 1. The molecule has 1 atom stereocenters. The van der Waals surface area contributed by atoms with Crippen LogP contribution in [0.5, 0.6) is 11.5 Å². The molecular weight excluding hydrogens is 440 g/mol. The molecule has 3 heterocycles. The summed E-state index contributed by atoms with van der Waals surface area (Å²) in [5, 5.41) is 6.84. The molecule has 6 rings (SSSR count). The van der Waals surface area contributed by atoms with Gasteiger partial charge in [0.15, 0.2) is 11.5 Å². The van der Waals surface area contributed by atoms with Gasteiger partial charge in [-0.05, 0) is 54.4 Å². The maximum atomic E-state index is 5.47. The topological polar surface area (TPSA) is 86.1 Å². The molecule has 0 fully saturated rings. The van der Waals surface area contributed by atoms with E-state index < -0.39 is 0 Å². The molecule has 0 bridgehead atoms. The third kappa shape index (κ3) is 4.33. The highest BCUT2D eigenvalue weighted by Crippen LogP contribution is 2.32. The van der Waals surface area contributed by atoms with Gasteiger partial charge in [-0.3, -0.25) is 4.57 Å². The molecule has 2 aromatic heterocycles. The first-order chi connectivity index (χ1) is 17.2. The van der Waals surface area contributed by atoms with Crippen molar-refractivity contribution in [2.24, 2.45) is 0 Å². The van der Waals surface area contributed by atoms with Crippen molar-refractivity contribution in [3.8, 4) is 17.3 Å². The molecule has 1 aliphatic heterocycles. The average Bonchev–Trinajstić information content (AvgIpc) is 3.54. The van der Waals surface area contributed by atoms with Crippen LogP contribution in [-0.4, -0.2) is 26.3 Å². The number of nitrogens with zero attached hydrogens (tertiary/aromatic N) is 4. The summed E-state index contributed by atoms with van der Waals surface area (Å²) in [4.78, 5) is 13.7. The number of fused-ring (bicyclic) bond motifs is 2. The molecule has 0 unspecified atom stereocenters. The van der Waals surface area contributed by atoms with Crippen molar-refractivity contribution in [1.29, 1.82) is 0 Å². The summed E-state index contributed by atoms with van der Waals surface area (Å²) < 4.78 is 12.8. The number of ether oxygens (including phenoxy) is 2. The zero-order valence-corrected chi connectivity index (χ0v) is 19.2. The first-order valence-electron chi connectivity index (χ1n) is 11.5. The minimum absolute atomic E-state index is 0.0874. The van der Waals surface area contributed by atoms with Crippen molar-refractivity contribution in [2.75, 3.05) is 17.4 Å². The SMILES string of the molecule is C[C@H](Nc1nccc(-n2cnc3cc(NCc4ccc5c(c4)OCO5)ccc32)n1)c1ccccc1. The summed E-state index contributed by atoms with van der Waals surface area (Å²) in [5.74, 6) is 2.91. The van der Waals surface area contributed by atoms with E-state index in [0.717, 1.165) is 39.6 Å². The van der Waals surface area contributed by atoms with Gasteiger partial charge in [0.1, 0.15) is 12.1 Å². The Kier molecular flexibility index (Phi) is 5.38. The summed E-state index contributed by atoms with van der Waals surface area (Å²) in [6.07, 6.45) is 3.55. The van der Waals surface area contributed by atoms with Gasteiger partial charge >= 0.3 is 0 Å². The lowest BCUT2D eigenvalue weighted by Crippen LogP contribution is -2.10. The van der Waals surface area contributed by atoms with Crippen molar-refractivity contribution < 1.29 is 9.47 Å². The molecule has 0 amide bonds. The van der Waals surface area contributed by atoms with Gasteiger partial charge in [0, 0.05) is 18.4 Å². The Bertz CT molecular complexity index is 1480. The van der Waals surface area contributed by atoms with Crippen molar-refractivity contribution in [1.82, 2.24) is 19.5 Å². The molecule has 5 aromatic rings. The van der Waals surface area contributed by atoms with E-state index in [1.807, 2.05) is 65.2 Å². The molecule has 3 aromatic carbocycles. The summed E-state index contributed by atoms with van der Waals surface area (Å²) in [5.41, 5.74) is 5.13. The van der Waals surface area contributed by atoms with Crippen LogP contribution >= 0.6 is 0 Å². The molecule has 2 N–H and O–H groups in total. The maximum Gasteiger partial charge on any atom is 0.231 e. The number of hydrogen-bond acceptors (Lipinski definition) is 7. The predicted octanol–water partition coefficient (Wildman–Crippen LogP) is 5.33. The van der Waals surface area contributed by atoms with Gasteiger partial charge in [-0.25, -0.2) is 9.97 Å². The first-order valence-corrected chi connectivity index (χ1v) is 11.5. The molecule has 0 aliphatic carbocycles. The zero-order chi connectivity index (χ0) is 23.6. The van der Waals surface area contributed by atoms with E-state index in [-0.39, 0.29) is 12.8 Å². The van der Waals surface area contributed by atoms with Crippen molar-refractivity contribution in [3.05, 3.63) is 96.4 Å². The highest BCUT2D eigenvalue weighted by molar-refractivity contribution is 5.81. The zero-order valence-electron chi connectivity index (χ0n) is 19.2. The summed E-state index contributed by atoms with van der Waals surface area (Å²) in [6.45, 7) is 3.04. The van der Waals surface area contributed by atoms with E-state index in [1.54, 1.807) is 12.5 Å². The number of hydrogen-bond donors (Lipinski definition) is 2. The van der Waals surface area contributed by atoms with Crippen molar-refractivity contribution >= 4 is 22.7 Å². The molecule has 0 saturated carbocycles. The molecule has 174 valence electrons. The molecule has 0 radical (unpaired) electrons. The lowest BCUT2D eigenvalue weighted by molar-refractivity contribution is 0.174. The van der Waals surface area contributed by atoms with Gasteiger partial charge in [-0.1, -0.05) is 36.4 Å². The second-order valence-electron chi connectivity index (χ2n) is 8.37. The van der Waals surface area contributed by atoms with Gasteiger partial charge in [-0.15, -0.1) is 0 Å². The Morgan fingerprint density at radius 2 is 1.83 bits per heavy atom. The molecular formula is C27H24N6O2. The lowest BCUT2D eigenvalue weighted by atomic mass is 10.1. The molecule has 0 spiro atoms. The third-order valence-electron chi connectivity index (χ3n) is 6.01. The van der Waals surface area contributed by atoms with Crippen LogP contribution < -0.4 is 20.1 Å². The highest BCUT2D eigenvalue weighted by Gasteiger charge is 2.14. The minimum Gasteiger partial charge on any atom is -0.454 e. The van der Waals surface area contributed by atoms with Crippen LogP contribution in [0.4, 0.5) is 11.6 Å². The third-order valence-corrected chi connectivity index (χ3v) is 6.01. The Balaban J connectivity index is 1.18. The normalized spacial score (nSPS) is 13.1. The van der Waals surface area contributed by atoms with Crippen LogP contribution in [0.15, 0.2) is 85.3 Å². The van der Waals surface area contributed by atoms with E-state index in [9.17, 15) is 0 Å². The second-order valence-corrected chi connectivity index (χ2v) is 8.37. The fraction of sp³-hybridized carbons (Fsp3) is 0.148. The predicted molar refractivity (Wildman–Crippen MR) is 135 cm³/mol. The molecule has 1 aliphatic rings. The van der Waals surface area contributed by atoms with Crippen LogP contribution in [0.25, 0.3) is 16.9 Å². The Labute approximate surface area is 202 Å². The van der Waals surface area contributed by atoms with E-state index in [0.29, 0.717) is 12.5 Å². The smallest absolute Gasteiger partial charge is 0.231 e. The van der Waals surface area contributed by atoms with Crippen LogP contribution in [0, 0.1) is 0 Å². The average molecular weight is 465 g/mol. The van der Waals surface area contributed by atoms with Gasteiger partial charge in [0.25, 0.3) is 0 Å². The molecule has 0 saturated heterocycles. The van der Waals surface area contributed by atoms with Gasteiger partial charge in [-0.2, -0.15) is 4.98 Å². The largest absolute Gasteiger partial charge is 0.454 e. The van der Waals surface area contributed by atoms with Gasteiger partial charge in [0.2, 0.25) is 12.7 Å². The quantitative estimate of drug-likeness (QED) is 0.337. The summed E-state index contributed by atoms with van der Waals surface area (Å²) >= 11 is 0. The monoisotopic (exact) mass is 464 g/mol.